The lowest BCUT2D eigenvalue weighted by Crippen LogP contribution is -2.17. The van der Waals surface area contributed by atoms with Crippen molar-refractivity contribution in [2.75, 3.05) is 6.61 Å². The summed E-state index contributed by atoms with van der Waals surface area (Å²) in [4.78, 5) is 4.41. The zero-order chi connectivity index (χ0) is 15.4. The first-order valence-electron chi connectivity index (χ1n) is 7.63. The van der Waals surface area contributed by atoms with E-state index in [-0.39, 0.29) is 11.4 Å². The molecule has 0 bridgehead atoms. The van der Waals surface area contributed by atoms with Gasteiger partial charge in [-0.1, -0.05) is 23.8 Å². The van der Waals surface area contributed by atoms with Gasteiger partial charge in [0.2, 0.25) is 11.0 Å². The second-order valence-corrected chi connectivity index (χ2v) is 6.65. The first kappa shape index (κ1) is 15.4. The van der Waals surface area contributed by atoms with E-state index in [0.717, 1.165) is 43.3 Å². The number of thioether (sulfide) groups is 1. The van der Waals surface area contributed by atoms with Crippen LogP contribution in [0.2, 0.25) is 0 Å². The number of tetrazole rings is 1. The third-order valence-electron chi connectivity index (χ3n) is 3.49. The quantitative estimate of drug-likeness (QED) is 0.714. The Morgan fingerprint density at radius 2 is 2.36 bits per heavy atom. The second kappa shape index (κ2) is 7.19. The Balaban J connectivity index is 1.63. The molecule has 1 aliphatic heterocycles. The van der Waals surface area contributed by atoms with E-state index in [9.17, 15) is 0 Å². The van der Waals surface area contributed by atoms with Gasteiger partial charge in [-0.3, -0.25) is 0 Å². The van der Waals surface area contributed by atoms with Gasteiger partial charge in [0, 0.05) is 13.0 Å². The Morgan fingerprint density at radius 3 is 3.14 bits per heavy atom. The molecule has 0 aromatic carbocycles. The van der Waals surface area contributed by atoms with E-state index < -0.39 is 0 Å². The number of aryl methyl sites for hydroxylation is 1. The van der Waals surface area contributed by atoms with E-state index in [1.54, 1.807) is 4.68 Å². The highest BCUT2D eigenvalue weighted by molar-refractivity contribution is 7.99. The summed E-state index contributed by atoms with van der Waals surface area (Å²) >= 11 is 1.52. The molecule has 0 unspecified atom stereocenters. The standard InChI is InChI=1S/C13H20N6O2S/c1-3-5-11-14-12(21-16-11)9(2)22-13-15-17-18-19(13)8-10-6-4-7-20-10/h9-10H,3-8H2,1-2H3/t9-,10-/m1/s1. The molecule has 0 saturated carbocycles. The highest BCUT2D eigenvalue weighted by Crippen LogP contribution is 2.32. The van der Waals surface area contributed by atoms with Crippen molar-refractivity contribution in [3.63, 3.8) is 0 Å². The Morgan fingerprint density at radius 1 is 1.45 bits per heavy atom. The molecule has 0 radical (unpaired) electrons. The van der Waals surface area contributed by atoms with E-state index in [1.807, 2.05) is 6.92 Å². The summed E-state index contributed by atoms with van der Waals surface area (Å²) in [7, 11) is 0. The maximum absolute atomic E-state index is 5.63. The minimum Gasteiger partial charge on any atom is -0.376 e. The molecular weight excluding hydrogens is 304 g/mol. The monoisotopic (exact) mass is 324 g/mol. The summed E-state index contributed by atoms with van der Waals surface area (Å²) in [5.41, 5.74) is 0. The first-order valence-corrected chi connectivity index (χ1v) is 8.51. The Hall–Kier alpha value is -1.48. The van der Waals surface area contributed by atoms with Crippen molar-refractivity contribution >= 4 is 11.8 Å². The fourth-order valence-electron chi connectivity index (χ4n) is 2.34. The highest BCUT2D eigenvalue weighted by atomic mass is 32.2. The van der Waals surface area contributed by atoms with Crippen molar-refractivity contribution in [2.45, 2.75) is 62.6 Å². The first-order chi connectivity index (χ1) is 10.8. The molecule has 1 aliphatic rings. The lowest BCUT2D eigenvalue weighted by Gasteiger charge is -2.11. The van der Waals surface area contributed by atoms with Gasteiger partial charge < -0.3 is 9.26 Å². The highest BCUT2D eigenvalue weighted by Gasteiger charge is 2.22. The molecule has 120 valence electrons. The van der Waals surface area contributed by atoms with Gasteiger partial charge in [-0.25, -0.2) is 4.68 Å². The molecule has 8 nitrogen and oxygen atoms in total. The van der Waals surface area contributed by atoms with Crippen LogP contribution in [0, 0.1) is 0 Å². The predicted molar refractivity (Wildman–Crippen MR) is 79.4 cm³/mol. The number of rotatable bonds is 7. The lowest BCUT2D eigenvalue weighted by atomic mass is 10.2. The average Bonchev–Trinajstić information content (AvgIpc) is 3.23. The van der Waals surface area contributed by atoms with E-state index in [4.69, 9.17) is 9.26 Å². The molecule has 0 N–H and O–H groups in total. The van der Waals surface area contributed by atoms with Crippen LogP contribution < -0.4 is 0 Å². The lowest BCUT2D eigenvalue weighted by molar-refractivity contribution is 0.0911. The van der Waals surface area contributed by atoms with Crippen molar-refractivity contribution in [2.24, 2.45) is 0 Å². The van der Waals surface area contributed by atoms with Crippen molar-refractivity contribution in [3.8, 4) is 0 Å². The van der Waals surface area contributed by atoms with E-state index in [0.29, 0.717) is 12.4 Å². The van der Waals surface area contributed by atoms with Gasteiger partial charge in [0.05, 0.1) is 17.9 Å². The number of nitrogens with zero attached hydrogens (tertiary/aromatic N) is 6. The van der Waals surface area contributed by atoms with Crippen molar-refractivity contribution in [3.05, 3.63) is 11.7 Å². The van der Waals surface area contributed by atoms with Crippen molar-refractivity contribution in [1.29, 1.82) is 0 Å². The Bertz CT molecular complexity index is 595. The average molecular weight is 324 g/mol. The van der Waals surface area contributed by atoms with E-state index in [2.05, 4.69) is 32.6 Å². The van der Waals surface area contributed by atoms with Crippen LogP contribution in [-0.2, 0) is 17.7 Å². The fraction of sp³-hybridized carbons (Fsp3) is 0.769. The fourth-order valence-corrected chi connectivity index (χ4v) is 3.17. The summed E-state index contributed by atoms with van der Waals surface area (Å²) in [6, 6.07) is 0. The molecule has 2 aromatic heterocycles. The van der Waals surface area contributed by atoms with E-state index >= 15 is 0 Å². The smallest absolute Gasteiger partial charge is 0.239 e. The number of aromatic nitrogens is 6. The molecular formula is C13H20N6O2S. The molecule has 0 spiro atoms. The van der Waals surface area contributed by atoms with Gasteiger partial charge in [-0.05, 0) is 36.6 Å². The zero-order valence-corrected chi connectivity index (χ0v) is 13.6. The number of hydrogen-bond donors (Lipinski definition) is 0. The predicted octanol–water partition coefficient (Wildman–Crippen LogP) is 2.04. The minimum absolute atomic E-state index is 0.00681. The van der Waals surface area contributed by atoms with Crippen molar-refractivity contribution in [1.82, 2.24) is 30.3 Å². The third-order valence-corrected chi connectivity index (χ3v) is 4.55. The molecule has 3 rings (SSSR count). The van der Waals surface area contributed by atoms with Gasteiger partial charge in [-0.2, -0.15) is 4.98 Å². The Labute approximate surface area is 133 Å². The van der Waals surface area contributed by atoms with Crippen LogP contribution in [0.3, 0.4) is 0 Å². The number of hydrogen-bond acceptors (Lipinski definition) is 8. The summed E-state index contributed by atoms with van der Waals surface area (Å²) in [5, 5.41) is 16.6. The van der Waals surface area contributed by atoms with Crippen LogP contribution in [0.15, 0.2) is 9.68 Å². The van der Waals surface area contributed by atoms with Gasteiger partial charge in [0.15, 0.2) is 5.82 Å². The van der Waals surface area contributed by atoms with Crippen LogP contribution in [0.5, 0.6) is 0 Å². The SMILES string of the molecule is CCCc1noc([C@@H](C)Sc2nnnn2C[C@H]2CCCO2)n1. The van der Waals surface area contributed by atoms with Gasteiger partial charge in [0.1, 0.15) is 0 Å². The van der Waals surface area contributed by atoms with Crippen LogP contribution in [0.4, 0.5) is 0 Å². The maximum atomic E-state index is 5.63. The molecule has 2 aromatic rings. The summed E-state index contributed by atoms with van der Waals surface area (Å²) < 4.78 is 12.7. The maximum Gasteiger partial charge on any atom is 0.239 e. The molecule has 0 aliphatic carbocycles. The topological polar surface area (TPSA) is 91.8 Å². The van der Waals surface area contributed by atoms with Gasteiger partial charge in [-0.15, -0.1) is 5.10 Å². The van der Waals surface area contributed by atoms with E-state index in [1.165, 1.54) is 11.8 Å². The van der Waals surface area contributed by atoms with Crippen LogP contribution in [0.1, 0.15) is 50.1 Å². The zero-order valence-electron chi connectivity index (χ0n) is 12.8. The van der Waals surface area contributed by atoms with Gasteiger partial charge >= 0.3 is 0 Å². The molecule has 0 amide bonds. The number of ether oxygens (including phenoxy) is 1. The summed E-state index contributed by atoms with van der Waals surface area (Å²) in [5.74, 6) is 1.36. The van der Waals surface area contributed by atoms with Crippen LogP contribution in [0.25, 0.3) is 0 Å². The third kappa shape index (κ3) is 3.64. The van der Waals surface area contributed by atoms with Crippen molar-refractivity contribution < 1.29 is 9.26 Å². The largest absolute Gasteiger partial charge is 0.376 e. The molecule has 1 saturated heterocycles. The summed E-state index contributed by atoms with van der Waals surface area (Å²) in [6.45, 7) is 5.62. The molecule has 2 atom stereocenters. The molecule has 9 heteroatoms. The summed E-state index contributed by atoms with van der Waals surface area (Å²) in [6.07, 6.45) is 4.20. The Kier molecular flexibility index (Phi) is 5.04. The molecule has 3 heterocycles. The van der Waals surface area contributed by atoms with Crippen LogP contribution in [-0.4, -0.2) is 43.1 Å². The molecule has 22 heavy (non-hydrogen) atoms. The molecule has 1 fully saturated rings. The minimum atomic E-state index is 0.00681. The van der Waals surface area contributed by atoms with Crippen LogP contribution >= 0.6 is 11.8 Å². The second-order valence-electron chi connectivity index (χ2n) is 5.34. The van der Waals surface area contributed by atoms with Gasteiger partial charge in [0.25, 0.3) is 0 Å². The normalized spacial score (nSPS) is 19.6.